The Bertz CT molecular complexity index is 1050. The summed E-state index contributed by atoms with van der Waals surface area (Å²) in [5.41, 5.74) is 3.00. The Balaban J connectivity index is 2.10. The van der Waals surface area contributed by atoms with Crippen LogP contribution in [0, 0.1) is 11.3 Å². The SMILES string of the molecule is CCOc1cc(/C=C(/C#N)c2nc3ccccc3n2C)cc(Cl)c1OCC. The van der Waals surface area contributed by atoms with Crippen LogP contribution in [0.4, 0.5) is 0 Å². The molecule has 27 heavy (non-hydrogen) atoms. The van der Waals surface area contributed by atoms with Gasteiger partial charge in [0.2, 0.25) is 0 Å². The Hall–Kier alpha value is -2.97. The highest BCUT2D eigenvalue weighted by Gasteiger charge is 2.15. The van der Waals surface area contributed by atoms with E-state index < -0.39 is 0 Å². The van der Waals surface area contributed by atoms with Crippen LogP contribution in [0.3, 0.4) is 0 Å². The fourth-order valence-corrected chi connectivity index (χ4v) is 3.19. The number of hydrogen-bond acceptors (Lipinski definition) is 4. The molecule has 0 saturated heterocycles. The van der Waals surface area contributed by atoms with Gasteiger partial charge in [0.05, 0.1) is 34.8 Å². The maximum absolute atomic E-state index is 9.71. The van der Waals surface area contributed by atoms with Crippen molar-refractivity contribution in [2.45, 2.75) is 13.8 Å². The lowest BCUT2D eigenvalue weighted by Gasteiger charge is -2.13. The van der Waals surface area contributed by atoms with Gasteiger partial charge in [-0.2, -0.15) is 5.26 Å². The van der Waals surface area contributed by atoms with Crippen molar-refractivity contribution in [1.29, 1.82) is 5.26 Å². The number of nitrogens with zero attached hydrogens (tertiary/aromatic N) is 3. The number of allylic oxidation sites excluding steroid dienone is 1. The summed E-state index contributed by atoms with van der Waals surface area (Å²) in [4.78, 5) is 4.59. The zero-order chi connectivity index (χ0) is 19.4. The van der Waals surface area contributed by atoms with Gasteiger partial charge in [-0.1, -0.05) is 23.7 Å². The molecule has 0 aliphatic heterocycles. The van der Waals surface area contributed by atoms with Crippen LogP contribution in [-0.2, 0) is 7.05 Å². The van der Waals surface area contributed by atoms with E-state index in [0.717, 1.165) is 16.6 Å². The number of benzene rings is 2. The molecule has 1 aromatic heterocycles. The highest BCUT2D eigenvalue weighted by Crippen LogP contribution is 2.37. The van der Waals surface area contributed by atoms with Gasteiger partial charge in [-0.15, -0.1) is 0 Å². The minimum absolute atomic E-state index is 0.441. The van der Waals surface area contributed by atoms with Crippen molar-refractivity contribution < 1.29 is 9.47 Å². The van der Waals surface area contributed by atoms with E-state index in [9.17, 15) is 5.26 Å². The van der Waals surface area contributed by atoms with Crippen molar-refractivity contribution in [3.05, 3.63) is 52.8 Å². The molecular weight excluding hydrogens is 362 g/mol. The topological polar surface area (TPSA) is 60.1 Å². The van der Waals surface area contributed by atoms with E-state index in [4.69, 9.17) is 21.1 Å². The molecule has 6 heteroatoms. The predicted octanol–water partition coefficient (Wildman–Crippen LogP) is 5.09. The number of fused-ring (bicyclic) bond motifs is 1. The lowest BCUT2D eigenvalue weighted by atomic mass is 10.1. The number of aryl methyl sites for hydroxylation is 1. The van der Waals surface area contributed by atoms with E-state index in [1.54, 1.807) is 12.1 Å². The smallest absolute Gasteiger partial charge is 0.179 e. The van der Waals surface area contributed by atoms with Crippen LogP contribution >= 0.6 is 11.6 Å². The first-order valence-corrected chi connectivity index (χ1v) is 9.09. The third kappa shape index (κ3) is 3.76. The van der Waals surface area contributed by atoms with Crippen LogP contribution in [-0.4, -0.2) is 22.8 Å². The van der Waals surface area contributed by atoms with Crippen LogP contribution in [0.1, 0.15) is 25.2 Å². The quantitative estimate of drug-likeness (QED) is 0.558. The predicted molar refractivity (Wildman–Crippen MR) is 108 cm³/mol. The first-order valence-electron chi connectivity index (χ1n) is 8.71. The third-order valence-corrected chi connectivity index (χ3v) is 4.36. The summed E-state index contributed by atoms with van der Waals surface area (Å²) >= 11 is 6.38. The number of halogens is 1. The normalized spacial score (nSPS) is 11.4. The third-order valence-electron chi connectivity index (χ3n) is 4.08. The monoisotopic (exact) mass is 381 g/mol. The maximum Gasteiger partial charge on any atom is 0.179 e. The Labute approximate surface area is 163 Å². The molecule has 3 rings (SSSR count). The van der Waals surface area contributed by atoms with E-state index in [1.165, 1.54) is 0 Å². The summed E-state index contributed by atoms with van der Waals surface area (Å²) in [6, 6.07) is 13.6. The summed E-state index contributed by atoms with van der Waals surface area (Å²) in [6.07, 6.45) is 1.76. The average molecular weight is 382 g/mol. The number of hydrogen-bond donors (Lipinski definition) is 0. The van der Waals surface area contributed by atoms with Crippen molar-refractivity contribution in [3.63, 3.8) is 0 Å². The molecule has 0 radical (unpaired) electrons. The van der Waals surface area contributed by atoms with Gasteiger partial charge in [0, 0.05) is 7.05 Å². The molecular formula is C21H20ClN3O2. The number of aromatic nitrogens is 2. The second kappa shape index (κ2) is 8.15. The second-order valence-electron chi connectivity index (χ2n) is 5.85. The van der Waals surface area contributed by atoms with E-state index >= 15 is 0 Å². The molecule has 1 heterocycles. The molecule has 0 bridgehead atoms. The van der Waals surface area contributed by atoms with Crippen molar-refractivity contribution in [3.8, 4) is 17.6 Å². The lowest BCUT2D eigenvalue weighted by molar-refractivity contribution is 0.288. The molecule has 0 atom stereocenters. The van der Waals surface area contributed by atoms with E-state index in [1.807, 2.05) is 55.8 Å². The zero-order valence-electron chi connectivity index (χ0n) is 15.5. The Morgan fingerprint density at radius 2 is 1.96 bits per heavy atom. The maximum atomic E-state index is 9.71. The first-order chi connectivity index (χ1) is 13.1. The number of imidazole rings is 1. The number of rotatable bonds is 6. The summed E-state index contributed by atoms with van der Waals surface area (Å²) in [7, 11) is 1.90. The fraction of sp³-hybridized carbons (Fsp3) is 0.238. The molecule has 0 aliphatic carbocycles. The van der Waals surface area contributed by atoms with Crippen LogP contribution in [0.5, 0.6) is 11.5 Å². The van der Waals surface area contributed by atoms with Crippen LogP contribution in [0.15, 0.2) is 36.4 Å². The molecule has 0 saturated carbocycles. The molecule has 0 aliphatic rings. The first kappa shape index (κ1) is 18.8. The van der Waals surface area contributed by atoms with Crippen LogP contribution < -0.4 is 9.47 Å². The van der Waals surface area contributed by atoms with Crippen molar-refractivity contribution in [1.82, 2.24) is 9.55 Å². The zero-order valence-corrected chi connectivity index (χ0v) is 16.2. The summed E-state index contributed by atoms with van der Waals surface area (Å²) < 4.78 is 13.2. The number of para-hydroxylation sites is 2. The van der Waals surface area contributed by atoms with Gasteiger partial charge in [-0.3, -0.25) is 0 Å². The molecule has 0 fully saturated rings. The molecule has 0 spiro atoms. The number of ether oxygens (including phenoxy) is 2. The minimum atomic E-state index is 0.441. The summed E-state index contributed by atoms with van der Waals surface area (Å²) in [5, 5.41) is 10.2. The fourth-order valence-electron chi connectivity index (χ4n) is 2.92. The minimum Gasteiger partial charge on any atom is -0.490 e. The van der Waals surface area contributed by atoms with Crippen molar-refractivity contribution >= 4 is 34.3 Å². The molecule has 5 nitrogen and oxygen atoms in total. The Morgan fingerprint density at radius 1 is 1.22 bits per heavy atom. The van der Waals surface area contributed by atoms with Crippen molar-refractivity contribution in [2.75, 3.05) is 13.2 Å². The molecule has 0 unspecified atom stereocenters. The molecule has 0 N–H and O–H groups in total. The van der Waals surface area contributed by atoms with Gasteiger partial charge in [0.15, 0.2) is 17.3 Å². The van der Waals surface area contributed by atoms with E-state index in [2.05, 4.69) is 11.1 Å². The van der Waals surface area contributed by atoms with Crippen molar-refractivity contribution in [2.24, 2.45) is 7.05 Å². The standard InChI is InChI=1S/C21H20ClN3O2/c1-4-26-19-12-14(11-16(22)20(19)27-5-2)10-15(13-23)21-24-17-8-6-7-9-18(17)25(21)3/h6-12H,4-5H2,1-3H3/b15-10-. The van der Waals surface area contributed by atoms with Gasteiger partial charge < -0.3 is 14.0 Å². The molecule has 0 amide bonds. The van der Waals surface area contributed by atoms with Crippen LogP contribution in [0.2, 0.25) is 5.02 Å². The second-order valence-corrected chi connectivity index (χ2v) is 6.26. The molecule has 3 aromatic rings. The molecule has 138 valence electrons. The van der Waals surface area contributed by atoms with E-state index in [-0.39, 0.29) is 0 Å². The largest absolute Gasteiger partial charge is 0.490 e. The van der Waals surface area contributed by atoms with Gasteiger partial charge in [-0.25, -0.2) is 4.98 Å². The number of nitriles is 1. The molecule has 2 aromatic carbocycles. The van der Waals surface area contributed by atoms with E-state index in [0.29, 0.717) is 41.1 Å². The average Bonchev–Trinajstić information content (AvgIpc) is 3.00. The Morgan fingerprint density at radius 3 is 2.63 bits per heavy atom. The summed E-state index contributed by atoms with van der Waals surface area (Å²) in [6.45, 7) is 4.75. The van der Waals surface area contributed by atoms with Gasteiger partial charge in [-0.05, 0) is 49.8 Å². The van der Waals surface area contributed by atoms with Gasteiger partial charge in [0.25, 0.3) is 0 Å². The Kier molecular flexibility index (Phi) is 5.68. The summed E-state index contributed by atoms with van der Waals surface area (Å²) in [5.74, 6) is 1.67. The highest BCUT2D eigenvalue weighted by atomic mass is 35.5. The van der Waals surface area contributed by atoms with Gasteiger partial charge >= 0.3 is 0 Å². The van der Waals surface area contributed by atoms with Crippen LogP contribution in [0.25, 0.3) is 22.7 Å². The highest BCUT2D eigenvalue weighted by molar-refractivity contribution is 6.32. The van der Waals surface area contributed by atoms with Gasteiger partial charge in [0.1, 0.15) is 6.07 Å². The lowest BCUT2D eigenvalue weighted by Crippen LogP contribution is -2.00.